The highest BCUT2D eigenvalue weighted by Crippen LogP contribution is 2.61. The Labute approximate surface area is 127 Å². The average molecular weight is 286 g/mol. The van der Waals surface area contributed by atoms with Crippen LogP contribution in [0.1, 0.15) is 58.8 Å². The first-order valence-electron chi connectivity index (χ1n) is 8.65. The Bertz CT molecular complexity index is 556. The van der Waals surface area contributed by atoms with E-state index in [9.17, 15) is 9.90 Å². The lowest BCUT2D eigenvalue weighted by atomic mass is 9.54. The van der Waals surface area contributed by atoms with Crippen LogP contribution in [-0.2, 0) is 4.79 Å². The van der Waals surface area contributed by atoms with Crippen molar-refractivity contribution in [1.82, 2.24) is 0 Å². The number of allylic oxidation sites excluding steroid dienone is 4. The van der Waals surface area contributed by atoms with E-state index in [1.54, 1.807) is 5.57 Å². The maximum Gasteiger partial charge on any atom is 0.156 e. The number of hydrogen-bond donors (Lipinski definition) is 1. The van der Waals surface area contributed by atoms with E-state index < -0.39 is 0 Å². The molecule has 114 valence electrons. The van der Waals surface area contributed by atoms with Crippen LogP contribution in [0.3, 0.4) is 0 Å². The molecule has 4 aliphatic carbocycles. The highest BCUT2D eigenvalue weighted by atomic mass is 16.3. The summed E-state index contributed by atoms with van der Waals surface area (Å²) in [5, 5.41) is 10.5. The van der Waals surface area contributed by atoms with Crippen LogP contribution in [0.5, 0.6) is 0 Å². The van der Waals surface area contributed by atoms with Crippen LogP contribution in [0.2, 0.25) is 0 Å². The molecule has 0 aliphatic heterocycles. The number of aliphatic hydroxyl groups excluding tert-OH is 1. The lowest BCUT2D eigenvalue weighted by molar-refractivity contribution is -0.114. The predicted molar refractivity (Wildman–Crippen MR) is 82.7 cm³/mol. The van der Waals surface area contributed by atoms with Crippen molar-refractivity contribution in [2.45, 2.75) is 64.9 Å². The van der Waals surface area contributed by atoms with Gasteiger partial charge in [-0.1, -0.05) is 19.4 Å². The molecule has 4 aliphatic rings. The molecule has 0 aromatic carbocycles. The van der Waals surface area contributed by atoms with E-state index in [0.29, 0.717) is 30.0 Å². The standard InChI is InChI=1S/C19H26O2/c1-11-10-19(2)16(7-8-17(19)21)15-5-3-12-9-13(20)4-6-14(12)18(11)15/h9,11,15-17,21H,3-8,10H2,1-2H3. The van der Waals surface area contributed by atoms with Crippen molar-refractivity contribution in [3.05, 3.63) is 22.8 Å². The average Bonchev–Trinajstić information content (AvgIpc) is 2.74. The molecule has 2 saturated carbocycles. The van der Waals surface area contributed by atoms with Crippen LogP contribution in [0, 0.1) is 23.2 Å². The van der Waals surface area contributed by atoms with Gasteiger partial charge in [-0.15, -0.1) is 0 Å². The molecule has 0 amide bonds. The first-order valence-corrected chi connectivity index (χ1v) is 8.65. The Hall–Kier alpha value is -0.890. The second-order valence-electron chi connectivity index (χ2n) is 8.03. The first-order chi connectivity index (χ1) is 10.0. The van der Waals surface area contributed by atoms with Gasteiger partial charge in [0.05, 0.1) is 6.10 Å². The third-order valence-electron chi connectivity index (χ3n) is 6.94. The van der Waals surface area contributed by atoms with E-state index in [-0.39, 0.29) is 11.5 Å². The van der Waals surface area contributed by atoms with Gasteiger partial charge in [-0.2, -0.15) is 0 Å². The Kier molecular flexibility index (Phi) is 2.98. The summed E-state index contributed by atoms with van der Waals surface area (Å²) in [6.07, 6.45) is 9.03. The van der Waals surface area contributed by atoms with Crippen LogP contribution in [0.25, 0.3) is 0 Å². The van der Waals surface area contributed by atoms with E-state index in [2.05, 4.69) is 13.8 Å². The van der Waals surface area contributed by atoms with E-state index in [0.717, 1.165) is 25.7 Å². The largest absolute Gasteiger partial charge is 0.393 e. The highest BCUT2D eigenvalue weighted by Gasteiger charge is 2.55. The molecule has 0 bridgehead atoms. The van der Waals surface area contributed by atoms with Crippen molar-refractivity contribution in [1.29, 1.82) is 0 Å². The SMILES string of the molecule is CC1CC2(C)C(O)CCC2C2CCC3=CC(=O)CCC3=C12. The Morgan fingerprint density at radius 3 is 2.81 bits per heavy atom. The minimum Gasteiger partial charge on any atom is -0.393 e. The lowest BCUT2D eigenvalue weighted by Gasteiger charge is -2.51. The van der Waals surface area contributed by atoms with E-state index in [1.165, 1.54) is 24.0 Å². The second kappa shape index (κ2) is 4.55. The van der Waals surface area contributed by atoms with Gasteiger partial charge in [-0.25, -0.2) is 0 Å². The topological polar surface area (TPSA) is 37.3 Å². The van der Waals surface area contributed by atoms with Gasteiger partial charge in [0, 0.05) is 6.42 Å². The summed E-state index contributed by atoms with van der Waals surface area (Å²) >= 11 is 0. The molecule has 2 heteroatoms. The molecule has 0 heterocycles. The molecule has 5 unspecified atom stereocenters. The normalized spacial score (nSPS) is 45.9. The van der Waals surface area contributed by atoms with Crippen molar-refractivity contribution in [3.8, 4) is 0 Å². The molecule has 0 aromatic heterocycles. The van der Waals surface area contributed by atoms with Crippen LogP contribution in [0.15, 0.2) is 22.8 Å². The zero-order chi connectivity index (χ0) is 14.8. The highest BCUT2D eigenvalue weighted by molar-refractivity contribution is 5.93. The van der Waals surface area contributed by atoms with Gasteiger partial charge in [-0.3, -0.25) is 4.79 Å². The summed E-state index contributed by atoms with van der Waals surface area (Å²) in [5.74, 6) is 2.20. The molecule has 4 rings (SSSR count). The third-order valence-corrected chi connectivity index (χ3v) is 6.94. The lowest BCUT2D eigenvalue weighted by Crippen LogP contribution is -2.45. The summed E-state index contributed by atoms with van der Waals surface area (Å²) in [5.41, 5.74) is 4.66. The van der Waals surface area contributed by atoms with Gasteiger partial charge in [0.2, 0.25) is 0 Å². The number of fused-ring (bicyclic) bond motifs is 4. The molecular formula is C19H26O2. The second-order valence-corrected chi connectivity index (χ2v) is 8.03. The number of carbonyl (C=O) groups is 1. The molecule has 1 N–H and O–H groups in total. The van der Waals surface area contributed by atoms with Gasteiger partial charge in [0.25, 0.3) is 0 Å². The zero-order valence-corrected chi connectivity index (χ0v) is 13.2. The molecule has 2 nitrogen and oxygen atoms in total. The van der Waals surface area contributed by atoms with Gasteiger partial charge in [0.15, 0.2) is 5.78 Å². The Balaban J connectivity index is 1.80. The summed E-state index contributed by atoms with van der Waals surface area (Å²) in [6, 6.07) is 0. The fourth-order valence-corrected chi connectivity index (χ4v) is 6.05. The molecule has 0 aromatic rings. The van der Waals surface area contributed by atoms with Crippen molar-refractivity contribution in [2.75, 3.05) is 0 Å². The van der Waals surface area contributed by atoms with Gasteiger partial charge in [-0.05, 0) is 78.9 Å². The number of hydrogen-bond acceptors (Lipinski definition) is 2. The molecule has 0 saturated heterocycles. The van der Waals surface area contributed by atoms with E-state index >= 15 is 0 Å². The Morgan fingerprint density at radius 2 is 2.00 bits per heavy atom. The van der Waals surface area contributed by atoms with Crippen LogP contribution in [0.4, 0.5) is 0 Å². The zero-order valence-electron chi connectivity index (χ0n) is 13.2. The number of carbonyl (C=O) groups excluding carboxylic acids is 1. The molecule has 0 spiro atoms. The summed E-state index contributed by atoms with van der Waals surface area (Å²) in [4.78, 5) is 11.7. The minimum atomic E-state index is -0.110. The quantitative estimate of drug-likeness (QED) is 0.735. The van der Waals surface area contributed by atoms with Crippen LogP contribution in [-0.4, -0.2) is 17.0 Å². The molecule has 0 radical (unpaired) electrons. The number of aliphatic hydroxyl groups is 1. The van der Waals surface area contributed by atoms with Crippen molar-refractivity contribution >= 4 is 5.78 Å². The first kappa shape index (κ1) is 13.8. The molecule has 21 heavy (non-hydrogen) atoms. The van der Waals surface area contributed by atoms with Gasteiger partial charge < -0.3 is 5.11 Å². The predicted octanol–water partition coefficient (Wildman–Crippen LogP) is 3.80. The summed E-state index contributed by atoms with van der Waals surface area (Å²) in [7, 11) is 0. The van der Waals surface area contributed by atoms with E-state index in [1.807, 2.05) is 6.08 Å². The van der Waals surface area contributed by atoms with E-state index in [4.69, 9.17) is 0 Å². The summed E-state index contributed by atoms with van der Waals surface area (Å²) in [6.45, 7) is 4.67. The monoisotopic (exact) mass is 286 g/mol. The van der Waals surface area contributed by atoms with Crippen LogP contribution < -0.4 is 0 Å². The maximum absolute atomic E-state index is 11.7. The summed E-state index contributed by atoms with van der Waals surface area (Å²) < 4.78 is 0. The van der Waals surface area contributed by atoms with Gasteiger partial charge in [0.1, 0.15) is 0 Å². The van der Waals surface area contributed by atoms with Gasteiger partial charge >= 0.3 is 0 Å². The smallest absolute Gasteiger partial charge is 0.156 e. The Morgan fingerprint density at radius 1 is 1.19 bits per heavy atom. The third kappa shape index (κ3) is 1.84. The fourth-order valence-electron chi connectivity index (χ4n) is 6.05. The number of rotatable bonds is 0. The van der Waals surface area contributed by atoms with Crippen LogP contribution >= 0.6 is 0 Å². The van der Waals surface area contributed by atoms with Crippen molar-refractivity contribution < 1.29 is 9.90 Å². The van der Waals surface area contributed by atoms with Crippen molar-refractivity contribution in [3.63, 3.8) is 0 Å². The minimum absolute atomic E-state index is 0.110. The van der Waals surface area contributed by atoms with Crippen molar-refractivity contribution in [2.24, 2.45) is 23.2 Å². The molecular weight excluding hydrogens is 260 g/mol. The molecule has 5 atom stereocenters. The fraction of sp³-hybridized carbons (Fsp3) is 0.737. The number of ketones is 1. The molecule has 2 fully saturated rings. The maximum atomic E-state index is 11.7.